The van der Waals surface area contributed by atoms with Gasteiger partial charge < -0.3 is 19.9 Å². The molecule has 2 rings (SSSR count). The van der Waals surface area contributed by atoms with Crippen molar-refractivity contribution in [2.24, 2.45) is 5.92 Å². The quantitative estimate of drug-likeness (QED) is 0.758. The Hall–Kier alpha value is -1.75. The Labute approximate surface area is 138 Å². The fourth-order valence-corrected chi connectivity index (χ4v) is 2.95. The summed E-state index contributed by atoms with van der Waals surface area (Å²) in [6.07, 6.45) is 4.75. The Morgan fingerprint density at radius 3 is 2.70 bits per heavy atom. The summed E-state index contributed by atoms with van der Waals surface area (Å²) in [5.74, 6) is 1.16. The summed E-state index contributed by atoms with van der Waals surface area (Å²) in [6, 6.07) is 7.98. The summed E-state index contributed by atoms with van der Waals surface area (Å²) in [4.78, 5) is 11.1. The molecule has 1 saturated carbocycles. The van der Waals surface area contributed by atoms with Gasteiger partial charge in [-0.15, -0.1) is 0 Å². The van der Waals surface area contributed by atoms with Gasteiger partial charge in [0.25, 0.3) is 0 Å². The molecule has 0 aliphatic heterocycles. The molecule has 2 N–H and O–H groups in total. The van der Waals surface area contributed by atoms with E-state index in [0.29, 0.717) is 25.7 Å². The summed E-state index contributed by atoms with van der Waals surface area (Å²) < 4.78 is 10.3. The van der Waals surface area contributed by atoms with E-state index in [-0.39, 0.29) is 6.10 Å². The van der Waals surface area contributed by atoms with E-state index in [9.17, 15) is 9.90 Å². The van der Waals surface area contributed by atoms with E-state index in [4.69, 9.17) is 9.47 Å². The third kappa shape index (κ3) is 6.10. The lowest BCUT2D eigenvalue weighted by Gasteiger charge is -2.27. The van der Waals surface area contributed by atoms with Crippen LogP contribution in [0.5, 0.6) is 5.75 Å². The second-order valence-corrected chi connectivity index (χ2v) is 5.96. The van der Waals surface area contributed by atoms with Gasteiger partial charge in [-0.1, -0.05) is 25.0 Å². The van der Waals surface area contributed by atoms with E-state index >= 15 is 0 Å². The number of carbonyl (C=O) groups is 1. The number of aliphatic hydroxyl groups is 1. The van der Waals surface area contributed by atoms with Crippen LogP contribution in [0.1, 0.15) is 38.2 Å². The Morgan fingerprint density at radius 1 is 1.26 bits per heavy atom. The molecule has 1 aromatic rings. The number of rotatable bonds is 7. The summed E-state index contributed by atoms with van der Waals surface area (Å²) >= 11 is 0. The number of alkyl carbamates (subject to hydrolysis) is 1. The van der Waals surface area contributed by atoms with Crippen LogP contribution in [-0.4, -0.2) is 37.1 Å². The van der Waals surface area contributed by atoms with E-state index in [1.165, 1.54) is 12.0 Å². The summed E-state index contributed by atoms with van der Waals surface area (Å²) in [5, 5.41) is 12.7. The first kappa shape index (κ1) is 17.6. The largest absolute Gasteiger partial charge is 0.492 e. The molecule has 0 radical (unpaired) electrons. The minimum atomic E-state index is -0.419. The third-order valence-corrected chi connectivity index (χ3v) is 4.21. The zero-order valence-corrected chi connectivity index (χ0v) is 13.8. The Kier molecular flexibility index (Phi) is 7.20. The van der Waals surface area contributed by atoms with Crippen LogP contribution in [0.25, 0.3) is 0 Å². The lowest BCUT2D eigenvalue weighted by molar-refractivity contribution is 0.0700. The highest BCUT2D eigenvalue weighted by atomic mass is 16.5. The van der Waals surface area contributed by atoms with Crippen molar-refractivity contribution in [2.75, 3.05) is 19.8 Å². The third-order valence-electron chi connectivity index (χ3n) is 4.21. The van der Waals surface area contributed by atoms with Gasteiger partial charge in [-0.3, -0.25) is 0 Å². The van der Waals surface area contributed by atoms with Crippen molar-refractivity contribution in [1.29, 1.82) is 0 Å². The van der Waals surface area contributed by atoms with Crippen LogP contribution >= 0.6 is 0 Å². The highest BCUT2D eigenvalue weighted by Gasteiger charge is 2.22. The molecule has 0 bridgehead atoms. The molecule has 0 aromatic heterocycles. The van der Waals surface area contributed by atoms with E-state index in [0.717, 1.165) is 31.4 Å². The number of aliphatic hydroxyl groups excluding tert-OH is 1. The number of nitrogens with one attached hydrogen (secondary N) is 1. The maximum atomic E-state index is 11.1. The van der Waals surface area contributed by atoms with Gasteiger partial charge in [0.2, 0.25) is 0 Å². The van der Waals surface area contributed by atoms with Crippen LogP contribution in [-0.2, 0) is 11.2 Å². The van der Waals surface area contributed by atoms with Crippen molar-refractivity contribution < 1.29 is 19.4 Å². The minimum Gasteiger partial charge on any atom is -0.492 e. The second kappa shape index (κ2) is 9.40. The number of hydrogen-bond donors (Lipinski definition) is 2. The molecule has 0 heterocycles. The Balaban J connectivity index is 1.70. The molecule has 1 fully saturated rings. The van der Waals surface area contributed by atoms with Crippen LogP contribution in [0, 0.1) is 5.92 Å². The topological polar surface area (TPSA) is 67.8 Å². The van der Waals surface area contributed by atoms with Crippen LogP contribution in [0.4, 0.5) is 4.79 Å². The average molecular weight is 321 g/mol. The highest BCUT2D eigenvalue weighted by Crippen LogP contribution is 2.27. The number of benzene rings is 1. The van der Waals surface area contributed by atoms with Crippen LogP contribution in [0.3, 0.4) is 0 Å². The van der Waals surface area contributed by atoms with Gasteiger partial charge in [0.1, 0.15) is 12.4 Å². The van der Waals surface area contributed by atoms with E-state index in [1.54, 1.807) is 6.92 Å². The van der Waals surface area contributed by atoms with Crippen molar-refractivity contribution >= 4 is 6.09 Å². The van der Waals surface area contributed by atoms with Gasteiger partial charge in [-0.2, -0.15) is 0 Å². The first-order valence-electron chi connectivity index (χ1n) is 8.49. The molecule has 128 valence electrons. The fraction of sp³-hybridized carbons (Fsp3) is 0.611. The Morgan fingerprint density at radius 2 is 2.00 bits per heavy atom. The molecule has 1 amide bonds. The van der Waals surface area contributed by atoms with Gasteiger partial charge in [-0.25, -0.2) is 4.79 Å². The molecule has 1 aromatic carbocycles. The maximum Gasteiger partial charge on any atom is 0.407 e. The SMILES string of the molecule is CCOC(=O)NCCOc1ccc(C[C@@H]2CCCC[C@@H]2O)cc1. The predicted octanol–water partition coefficient (Wildman–Crippen LogP) is 2.91. The number of carbonyl (C=O) groups excluding carboxylic acids is 1. The van der Waals surface area contributed by atoms with Crippen molar-refractivity contribution in [1.82, 2.24) is 5.32 Å². The van der Waals surface area contributed by atoms with Crippen molar-refractivity contribution in [2.45, 2.75) is 45.1 Å². The lowest BCUT2D eigenvalue weighted by Crippen LogP contribution is -2.28. The molecule has 0 unspecified atom stereocenters. The zero-order chi connectivity index (χ0) is 16.5. The number of hydrogen-bond acceptors (Lipinski definition) is 4. The smallest absolute Gasteiger partial charge is 0.407 e. The predicted molar refractivity (Wildman–Crippen MR) is 88.6 cm³/mol. The van der Waals surface area contributed by atoms with Crippen molar-refractivity contribution in [3.63, 3.8) is 0 Å². The molecule has 0 saturated heterocycles. The monoisotopic (exact) mass is 321 g/mol. The molecular formula is C18H27NO4. The van der Waals surface area contributed by atoms with Crippen LogP contribution in [0.15, 0.2) is 24.3 Å². The van der Waals surface area contributed by atoms with E-state index < -0.39 is 6.09 Å². The first-order chi connectivity index (χ1) is 11.2. The number of amides is 1. The summed E-state index contributed by atoms with van der Waals surface area (Å²) in [7, 11) is 0. The molecule has 1 aliphatic rings. The lowest BCUT2D eigenvalue weighted by atomic mass is 9.82. The average Bonchev–Trinajstić information content (AvgIpc) is 2.55. The molecular weight excluding hydrogens is 294 g/mol. The number of ether oxygens (including phenoxy) is 2. The maximum absolute atomic E-state index is 11.1. The molecule has 1 aliphatic carbocycles. The van der Waals surface area contributed by atoms with Crippen LogP contribution in [0.2, 0.25) is 0 Å². The summed E-state index contributed by atoms with van der Waals surface area (Å²) in [6.45, 7) is 2.95. The molecule has 5 nitrogen and oxygen atoms in total. The molecule has 0 spiro atoms. The fourth-order valence-electron chi connectivity index (χ4n) is 2.95. The van der Waals surface area contributed by atoms with Gasteiger partial charge in [0, 0.05) is 0 Å². The van der Waals surface area contributed by atoms with Gasteiger partial charge in [-0.05, 0) is 49.8 Å². The zero-order valence-electron chi connectivity index (χ0n) is 13.8. The highest BCUT2D eigenvalue weighted by molar-refractivity contribution is 5.66. The summed E-state index contributed by atoms with van der Waals surface area (Å²) in [5.41, 5.74) is 1.23. The standard InChI is InChI=1S/C18H27NO4/c1-2-22-18(21)19-11-12-23-16-9-7-14(8-10-16)13-15-5-3-4-6-17(15)20/h7-10,15,17,20H,2-6,11-13H2,1H3,(H,19,21)/t15-,17-/m0/s1. The second-order valence-electron chi connectivity index (χ2n) is 5.96. The first-order valence-corrected chi connectivity index (χ1v) is 8.49. The molecule has 5 heteroatoms. The molecule has 2 atom stereocenters. The normalized spacial score (nSPS) is 20.8. The molecule has 23 heavy (non-hydrogen) atoms. The van der Waals surface area contributed by atoms with E-state index in [2.05, 4.69) is 17.4 Å². The van der Waals surface area contributed by atoms with Crippen molar-refractivity contribution in [3.05, 3.63) is 29.8 Å². The van der Waals surface area contributed by atoms with Gasteiger partial charge >= 0.3 is 6.09 Å². The Bertz CT molecular complexity index is 474. The van der Waals surface area contributed by atoms with Crippen LogP contribution < -0.4 is 10.1 Å². The van der Waals surface area contributed by atoms with Crippen molar-refractivity contribution in [3.8, 4) is 5.75 Å². The van der Waals surface area contributed by atoms with E-state index in [1.807, 2.05) is 12.1 Å². The van der Waals surface area contributed by atoms with Gasteiger partial charge in [0.05, 0.1) is 19.3 Å². The minimum absolute atomic E-state index is 0.159. The van der Waals surface area contributed by atoms with Gasteiger partial charge in [0.15, 0.2) is 0 Å².